The summed E-state index contributed by atoms with van der Waals surface area (Å²) in [7, 11) is 0.321. The molecule has 2 aromatic rings. The summed E-state index contributed by atoms with van der Waals surface area (Å²) in [5.41, 5.74) is 7.22. The third kappa shape index (κ3) is 10.1. The van der Waals surface area contributed by atoms with E-state index in [4.69, 9.17) is 21.1 Å². The number of rotatable bonds is 11. The number of allylic oxidation sites excluding steroid dienone is 5. The first-order valence-corrected chi connectivity index (χ1v) is 16.7. The summed E-state index contributed by atoms with van der Waals surface area (Å²) in [5, 5.41) is 2.74. The van der Waals surface area contributed by atoms with E-state index in [0.717, 1.165) is 58.2 Å². The van der Waals surface area contributed by atoms with Gasteiger partial charge >= 0.3 is 7.26 Å². The predicted octanol–water partition coefficient (Wildman–Crippen LogP) is 9.30. The SMILES string of the molecule is C=CC/C(OC)=C(\C=C(\C)CCC)OCC.CC.CC#CC1=[N+]2B(F)n3cccc3C(c3ccc(NC(=O)CCl)cc3)=C2C(C)=CC1. The van der Waals surface area contributed by atoms with E-state index in [0.29, 0.717) is 25.1 Å². The maximum Gasteiger partial charge on any atom is 0.846 e. The third-order valence-corrected chi connectivity index (χ3v) is 7.48. The summed E-state index contributed by atoms with van der Waals surface area (Å²) >= 11 is 5.56. The van der Waals surface area contributed by atoms with E-state index in [-0.39, 0.29) is 11.8 Å². The molecule has 0 fully saturated rings. The van der Waals surface area contributed by atoms with E-state index in [9.17, 15) is 4.79 Å². The number of nitrogens with one attached hydrogen (secondary N) is 1. The Kier molecular flexibility index (Phi) is 16.7. The van der Waals surface area contributed by atoms with Gasteiger partial charge in [-0.05, 0) is 75.9 Å². The fourth-order valence-corrected chi connectivity index (χ4v) is 5.35. The first-order valence-electron chi connectivity index (χ1n) is 16.2. The molecule has 0 spiro atoms. The summed E-state index contributed by atoms with van der Waals surface area (Å²) in [4.78, 5) is 11.5. The molecule has 0 saturated carbocycles. The van der Waals surface area contributed by atoms with Crippen LogP contribution in [-0.2, 0) is 14.3 Å². The summed E-state index contributed by atoms with van der Waals surface area (Å²) in [6.07, 6.45) is 11.2. The number of halogens is 2. The lowest BCUT2D eigenvalue weighted by molar-refractivity contribution is -0.342. The first kappa shape index (κ1) is 39.0. The molecule has 6 nitrogen and oxygen atoms in total. The van der Waals surface area contributed by atoms with Crippen LogP contribution in [0.3, 0.4) is 0 Å². The molecule has 0 saturated heterocycles. The molecule has 1 aromatic carbocycles. The predicted molar refractivity (Wildman–Crippen MR) is 196 cm³/mol. The number of hydrogen-bond acceptors (Lipinski definition) is 3. The number of methoxy groups -OCH3 is 1. The molecule has 0 radical (unpaired) electrons. The van der Waals surface area contributed by atoms with Crippen LogP contribution in [0.15, 0.2) is 95.8 Å². The Balaban J connectivity index is 0.000000365. The van der Waals surface area contributed by atoms with Crippen molar-refractivity contribution in [3.8, 4) is 11.8 Å². The summed E-state index contributed by atoms with van der Waals surface area (Å²) in [6.45, 7) is 18.4. The van der Waals surface area contributed by atoms with Crippen molar-refractivity contribution in [2.45, 2.75) is 74.1 Å². The number of anilines is 1. The van der Waals surface area contributed by atoms with Gasteiger partial charge in [0.25, 0.3) is 0 Å². The van der Waals surface area contributed by atoms with Crippen molar-refractivity contribution in [2.24, 2.45) is 0 Å². The summed E-state index contributed by atoms with van der Waals surface area (Å²) < 4.78 is 29.7. The quantitative estimate of drug-likeness (QED) is 0.0653. The van der Waals surface area contributed by atoms with Gasteiger partial charge in [-0.15, -0.1) is 18.2 Å². The number of ether oxygens (including phenoxy) is 2. The van der Waals surface area contributed by atoms with Gasteiger partial charge in [-0.25, -0.2) is 8.80 Å². The second-order valence-corrected chi connectivity index (χ2v) is 10.8. The highest BCUT2D eigenvalue weighted by atomic mass is 35.5. The average Bonchev–Trinajstić information content (AvgIpc) is 3.57. The second kappa shape index (κ2) is 20.1. The molecule has 1 N–H and O–H groups in total. The van der Waals surface area contributed by atoms with E-state index in [1.807, 2.05) is 70.2 Å². The zero-order chi connectivity index (χ0) is 34.9. The Morgan fingerprint density at radius 1 is 1.23 bits per heavy atom. The van der Waals surface area contributed by atoms with Crippen molar-refractivity contribution in [2.75, 3.05) is 24.9 Å². The minimum atomic E-state index is -1.35. The van der Waals surface area contributed by atoms with E-state index in [1.165, 1.54) is 5.57 Å². The molecule has 0 aliphatic carbocycles. The van der Waals surface area contributed by atoms with Crippen molar-refractivity contribution in [3.63, 3.8) is 0 Å². The van der Waals surface area contributed by atoms with Crippen molar-refractivity contribution in [1.82, 2.24) is 4.48 Å². The van der Waals surface area contributed by atoms with Gasteiger partial charge in [0.05, 0.1) is 31.4 Å². The molecule has 2 aliphatic heterocycles. The summed E-state index contributed by atoms with van der Waals surface area (Å²) in [6, 6.07) is 11.3. The number of benzene rings is 1. The second-order valence-electron chi connectivity index (χ2n) is 10.5. The van der Waals surface area contributed by atoms with E-state index in [1.54, 1.807) is 29.2 Å². The molecule has 2 aliphatic rings. The van der Waals surface area contributed by atoms with Crippen molar-refractivity contribution >= 4 is 41.7 Å². The van der Waals surface area contributed by atoms with Crippen LogP contribution >= 0.6 is 11.6 Å². The van der Waals surface area contributed by atoms with Gasteiger partial charge in [0.1, 0.15) is 11.6 Å². The lowest BCUT2D eigenvalue weighted by atomic mass is 9.84. The zero-order valence-corrected chi connectivity index (χ0v) is 29.9. The molecule has 0 bridgehead atoms. The monoisotopic (exact) mass is 660 g/mol. The van der Waals surface area contributed by atoms with Gasteiger partial charge in [0.2, 0.25) is 11.6 Å². The maximum absolute atomic E-state index is 15.5. The first-order chi connectivity index (χ1) is 22.7. The number of nitrogens with zero attached hydrogens (tertiary/aromatic N) is 2. The highest BCUT2D eigenvalue weighted by Crippen LogP contribution is 2.38. The van der Waals surface area contributed by atoms with Crippen LogP contribution in [0.5, 0.6) is 0 Å². The average molecular weight is 661 g/mol. The third-order valence-electron chi connectivity index (χ3n) is 7.24. The minimum Gasteiger partial charge on any atom is -0.497 e. The summed E-state index contributed by atoms with van der Waals surface area (Å²) in [5.74, 6) is 7.28. The Morgan fingerprint density at radius 3 is 2.51 bits per heavy atom. The van der Waals surface area contributed by atoms with Crippen LogP contribution in [-0.4, -0.2) is 47.4 Å². The molecule has 1 aromatic heterocycles. The number of aromatic nitrogens is 1. The van der Waals surface area contributed by atoms with Crippen molar-refractivity contribution in [1.29, 1.82) is 0 Å². The molecular weight excluding hydrogens is 612 g/mol. The number of hydrogen-bond donors (Lipinski definition) is 1. The zero-order valence-electron chi connectivity index (χ0n) is 29.2. The van der Waals surface area contributed by atoms with Gasteiger partial charge in [-0.1, -0.05) is 63.0 Å². The maximum atomic E-state index is 15.5. The molecule has 0 unspecified atom stereocenters. The van der Waals surface area contributed by atoms with E-state index >= 15 is 4.32 Å². The normalized spacial score (nSPS) is 14.0. The van der Waals surface area contributed by atoms with Gasteiger partial charge in [-0.2, -0.15) is 0 Å². The molecule has 1 amide bonds. The largest absolute Gasteiger partial charge is 0.846 e. The number of alkyl halides is 1. The number of carbonyl (C=O) groups excluding carboxylic acids is 1. The fraction of sp³-hybridized carbons (Fsp3) is 0.368. The molecule has 3 heterocycles. The Labute approximate surface area is 286 Å². The highest BCUT2D eigenvalue weighted by Gasteiger charge is 2.49. The van der Waals surface area contributed by atoms with Crippen LogP contribution in [0.25, 0.3) is 5.57 Å². The van der Waals surface area contributed by atoms with Gasteiger partial charge in [-0.3, -0.25) is 9.27 Å². The molecule has 4 rings (SSSR count). The van der Waals surface area contributed by atoms with Crippen LogP contribution in [0.4, 0.5) is 10.0 Å². The Bertz CT molecular complexity index is 1600. The molecule has 9 heteroatoms. The van der Waals surface area contributed by atoms with Crippen molar-refractivity contribution in [3.05, 3.63) is 107 Å². The lowest BCUT2D eigenvalue weighted by Crippen LogP contribution is -2.43. The number of fused-ring (bicyclic) bond motifs is 2. The Morgan fingerprint density at radius 2 is 1.94 bits per heavy atom. The Hall–Kier alpha value is -4.22. The van der Waals surface area contributed by atoms with Crippen LogP contribution in [0, 0.1) is 11.8 Å². The fourth-order valence-electron chi connectivity index (χ4n) is 5.28. The molecule has 0 atom stereocenters. The van der Waals surface area contributed by atoms with Gasteiger partial charge in [0, 0.05) is 23.9 Å². The van der Waals surface area contributed by atoms with Crippen LogP contribution < -0.4 is 5.32 Å². The standard InChI is InChI=1S/C22H18BClFN3O.C14H24O2.C2H6/c1-3-5-18-12-7-15(2)22-21(19-6-4-13-27(19)23(25)28(18)22)16-8-10-17(11-9-16)26-20(29)14-24;1-6-9-12(4)11-14(16-8-3)13(15-5)10-7-2;1-2/h4,6-11,13H,12,14H2,1-2H3;7,11H,2,6,8-10H2,1,3-5H3;1-2H3/p+1/b;12-11-,14-13-;. The van der Waals surface area contributed by atoms with Crippen LogP contribution in [0.1, 0.15) is 85.4 Å². The topological polar surface area (TPSA) is 55.5 Å². The molecule has 250 valence electrons. The molecular formula is C38H49BClFN3O3+. The number of carbonyl (C=O) groups is 1. The highest BCUT2D eigenvalue weighted by molar-refractivity contribution is 6.43. The minimum absolute atomic E-state index is 0.0987. The van der Waals surface area contributed by atoms with Gasteiger partial charge in [0.15, 0.2) is 11.5 Å². The van der Waals surface area contributed by atoms with E-state index < -0.39 is 7.26 Å². The lowest BCUT2D eigenvalue weighted by Gasteiger charge is -2.25. The van der Waals surface area contributed by atoms with E-state index in [2.05, 4.69) is 49.7 Å². The smallest absolute Gasteiger partial charge is 0.497 e. The van der Waals surface area contributed by atoms with Crippen LogP contribution in [0.2, 0.25) is 0 Å². The van der Waals surface area contributed by atoms with Crippen molar-refractivity contribution < 1.29 is 23.1 Å². The molecule has 47 heavy (non-hydrogen) atoms. The number of amides is 1. The van der Waals surface area contributed by atoms with Gasteiger partial charge < -0.3 is 14.8 Å².